The van der Waals surface area contributed by atoms with Gasteiger partial charge in [-0.25, -0.2) is 0 Å². The van der Waals surface area contributed by atoms with Gasteiger partial charge in [0, 0.05) is 64.7 Å². The van der Waals surface area contributed by atoms with Crippen LogP contribution in [-0.4, -0.2) is 4.40 Å². The van der Waals surface area contributed by atoms with Gasteiger partial charge < -0.3 is 9.30 Å². The molecule has 13 rings (SSSR count). The molecule has 0 saturated carbocycles. The van der Waals surface area contributed by atoms with Gasteiger partial charge >= 0.3 is 0 Å². The van der Waals surface area contributed by atoms with E-state index in [1.165, 1.54) is 109 Å². The zero-order chi connectivity index (χ0) is 41.4. The molecule has 63 heavy (non-hydrogen) atoms. The van der Waals surface area contributed by atoms with E-state index in [4.69, 9.17) is 0 Å². The van der Waals surface area contributed by atoms with Crippen molar-refractivity contribution in [3.8, 4) is 33.4 Å². The number of rotatable bonds is 7. The van der Waals surface area contributed by atoms with Gasteiger partial charge in [-0.1, -0.05) is 158 Å². The molecule has 0 aliphatic heterocycles. The van der Waals surface area contributed by atoms with Crippen molar-refractivity contribution < 1.29 is 0 Å². The van der Waals surface area contributed by atoms with E-state index in [2.05, 4.69) is 216 Å². The fourth-order valence-electron chi connectivity index (χ4n) is 10.6. The standard InChI is InChI=1S/C60H42N2S/c1-2-11-39(12-3-1)41-27-33-45(34-28-41)61(47-37-31-44(32-38-47)49-16-10-22-57-59(49)52-14-5-7-21-56(52)63-57)46-35-29-42(30-36-46)40-23-25-43(26-24-40)48-15-9-20-55-58(48)53-18-8-17-51-50-13-4-6-19-54(50)62(55)60(51)53/h1-5,7-18,20-29,31-35,37-38H,6,19,30,36H2. The summed E-state index contributed by atoms with van der Waals surface area (Å²) >= 11 is 1.87. The molecule has 298 valence electrons. The number of allylic oxidation sites excluding steroid dienone is 5. The highest BCUT2D eigenvalue weighted by molar-refractivity contribution is 7.25. The topological polar surface area (TPSA) is 7.65 Å². The summed E-state index contributed by atoms with van der Waals surface area (Å²) in [7, 11) is 0. The van der Waals surface area contributed by atoms with E-state index in [0.717, 1.165) is 37.1 Å². The summed E-state index contributed by atoms with van der Waals surface area (Å²) < 4.78 is 5.21. The van der Waals surface area contributed by atoms with Crippen LogP contribution in [0.25, 0.3) is 92.4 Å². The third-order valence-electron chi connectivity index (χ3n) is 13.6. The maximum absolute atomic E-state index is 2.55. The van der Waals surface area contributed by atoms with Crippen LogP contribution in [0.3, 0.4) is 0 Å². The molecule has 2 aliphatic carbocycles. The minimum absolute atomic E-state index is 0.935. The summed E-state index contributed by atoms with van der Waals surface area (Å²) in [5.41, 5.74) is 19.3. The zero-order valence-electron chi connectivity index (χ0n) is 34.8. The van der Waals surface area contributed by atoms with E-state index in [1.807, 2.05) is 11.3 Å². The molecule has 3 heteroatoms. The lowest BCUT2D eigenvalue weighted by molar-refractivity contribution is 0.926. The van der Waals surface area contributed by atoms with E-state index in [9.17, 15) is 0 Å². The highest BCUT2D eigenvalue weighted by Crippen LogP contribution is 2.45. The molecular weight excluding hydrogens is 781 g/mol. The number of aryl methyl sites for hydroxylation is 1. The predicted molar refractivity (Wildman–Crippen MR) is 270 cm³/mol. The third-order valence-corrected chi connectivity index (χ3v) is 14.7. The Morgan fingerprint density at radius 1 is 0.444 bits per heavy atom. The molecule has 0 radical (unpaired) electrons. The second-order valence-corrected chi connectivity index (χ2v) is 18.1. The first kappa shape index (κ1) is 36.2. The summed E-state index contributed by atoms with van der Waals surface area (Å²) in [5.74, 6) is 0. The Balaban J connectivity index is 0.848. The minimum Gasteiger partial charge on any atom is -0.314 e. The Kier molecular flexibility index (Phi) is 8.38. The maximum atomic E-state index is 2.55. The fourth-order valence-corrected chi connectivity index (χ4v) is 11.8. The van der Waals surface area contributed by atoms with Crippen molar-refractivity contribution in [3.63, 3.8) is 0 Å². The van der Waals surface area contributed by atoms with Gasteiger partial charge in [-0.3, -0.25) is 0 Å². The Morgan fingerprint density at radius 2 is 1.06 bits per heavy atom. The molecule has 0 bridgehead atoms. The van der Waals surface area contributed by atoms with Crippen LogP contribution in [0.4, 0.5) is 11.4 Å². The van der Waals surface area contributed by atoms with Gasteiger partial charge in [-0.2, -0.15) is 0 Å². The van der Waals surface area contributed by atoms with Gasteiger partial charge in [-0.15, -0.1) is 11.3 Å². The highest BCUT2D eigenvalue weighted by atomic mass is 32.1. The molecule has 3 aromatic heterocycles. The first-order chi connectivity index (χ1) is 31.2. The number of anilines is 2. The molecule has 2 nitrogen and oxygen atoms in total. The quantitative estimate of drug-likeness (QED) is 0.155. The number of thiophene rings is 1. The molecule has 2 aliphatic rings. The van der Waals surface area contributed by atoms with Crippen molar-refractivity contribution in [3.05, 3.63) is 223 Å². The normalized spacial score (nSPS) is 13.9. The van der Waals surface area contributed by atoms with E-state index >= 15 is 0 Å². The Hall–Kier alpha value is -7.46. The van der Waals surface area contributed by atoms with Gasteiger partial charge in [0.2, 0.25) is 0 Å². The molecule has 0 unspecified atom stereocenters. The summed E-state index contributed by atoms with van der Waals surface area (Å²) in [6.45, 7) is 0. The second kappa shape index (κ2) is 14.6. The zero-order valence-corrected chi connectivity index (χ0v) is 35.6. The number of para-hydroxylation sites is 1. The molecular formula is C60H42N2S. The van der Waals surface area contributed by atoms with Gasteiger partial charge in [-0.05, 0) is 119 Å². The lowest BCUT2D eigenvalue weighted by Gasteiger charge is -2.30. The fraction of sp³-hybridized carbons (Fsp3) is 0.0667. The first-order valence-electron chi connectivity index (χ1n) is 22.2. The van der Waals surface area contributed by atoms with Crippen molar-refractivity contribution in [2.45, 2.75) is 25.7 Å². The average molecular weight is 823 g/mol. The number of hydrogen-bond acceptors (Lipinski definition) is 2. The minimum atomic E-state index is 0.935. The number of fused-ring (bicyclic) bond motifs is 9. The van der Waals surface area contributed by atoms with Crippen LogP contribution in [0.5, 0.6) is 0 Å². The summed E-state index contributed by atoms with van der Waals surface area (Å²) in [6.07, 6.45) is 13.4. The van der Waals surface area contributed by atoms with E-state index in [1.54, 1.807) is 0 Å². The Morgan fingerprint density at radius 3 is 1.84 bits per heavy atom. The maximum Gasteiger partial charge on any atom is 0.0617 e. The molecule has 0 N–H and O–H groups in total. The summed E-state index contributed by atoms with van der Waals surface area (Å²) in [6, 6.07) is 67.5. The molecule has 0 spiro atoms. The van der Waals surface area contributed by atoms with Crippen molar-refractivity contribution >= 4 is 81.7 Å². The van der Waals surface area contributed by atoms with Gasteiger partial charge in [0.25, 0.3) is 0 Å². The largest absolute Gasteiger partial charge is 0.314 e. The van der Waals surface area contributed by atoms with Gasteiger partial charge in [0.1, 0.15) is 0 Å². The van der Waals surface area contributed by atoms with Crippen LogP contribution in [-0.2, 0) is 6.42 Å². The number of hydrogen-bond donors (Lipinski definition) is 0. The lowest BCUT2D eigenvalue weighted by atomic mass is 9.92. The van der Waals surface area contributed by atoms with Crippen molar-refractivity contribution in [1.29, 1.82) is 0 Å². The van der Waals surface area contributed by atoms with Crippen LogP contribution < -0.4 is 4.90 Å². The Bertz CT molecular complexity index is 3640. The molecule has 8 aromatic carbocycles. The monoisotopic (exact) mass is 822 g/mol. The van der Waals surface area contributed by atoms with Gasteiger partial charge in [0.05, 0.1) is 11.0 Å². The molecule has 0 amide bonds. The smallest absolute Gasteiger partial charge is 0.0617 e. The number of aromatic nitrogens is 1. The molecule has 11 aromatic rings. The van der Waals surface area contributed by atoms with E-state index in [-0.39, 0.29) is 0 Å². The van der Waals surface area contributed by atoms with Crippen LogP contribution >= 0.6 is 11.3 Å². The first-order valence-corrected chi connectivity index (χ1v) is 23.0. The van der Waals surface area contributed by atoms with Crippen LogP contribution in [0.15, 0.2) is 206 Å². The third kappa shape index (κ3) is 5.84. The van der Waals surface area contributed by atoms with Crippen LogP contribution in [0.1, 0.15) is 36.1 Å². The van der Waals surface area contributed by atoms with Crippen LogP contribution in [0, 0.1) is 0 Å². The molecule has 0 atom stereocenters. The second-order valence-electron chi connectivity index (χ2n) is 17.0. The lowest BCUT2D eigenvalue weighted by Crippen LogP contribution is -2.17. The molecule has 0 saturated heterocycles. The summed E-state index contributed by atoms with van der Waals surface area (Å²) in [4.78, 5) is 2.45. The van der Waals surface area contributed by atoms with E-state index < -0.39 is 0 Å². The highest BCUT2D eigenvalue weighted by Gasteiger charge is 2.24. The van der Waals surface area contributed by atoms with Crippen molar-refractivity contribution in [1.82, 2.24) is 4.40 Å². The average Bonchev–Trinajstić information content (AvgIpc) is 4.03. The number of nitrogens with zero attached hydrogens (tertiary/aromatic N) is 2. The van der Waals surface area contributed by atoms with Crippen molar-refractivity contribution in [2.24, 2.45) is 0 Å². The van der Waals surface area contributed by atoms with Crippen LogP contribution in [0.2, 0.25) is 0 Å². The van der Waals surface area contributed by atoms with Gasteiger partial charge in [0.15, 0.2) is 0 Å². The van der Waals surface area contributed by atoms with Crippen molar-refractivity contribution in [2.75, 3.05) is 4.90 Å². The Labute approximate surface area is 371 Å². The number of benzene rings is 8. The molecule has 0 fully saturated rings. The van der Waals surface area contributed by atoms with E-state index in [0.29, 0.717) is 0 Å². The summed E-state index contributed by atoms with van der Waals surface area (Å²) in [5, 5.41) is 6.74. The molecule has 3 heterocycles. The predicted octanol–water partition coefficient (Wildman–Crippen LogP) is 16.9. The SMILES string of the molecule is C1=Cc2c(n3c4cccc(-c5ccc(C6=CC=C(N(c7ccc(-c8ccccc8)cc7)c7ccc(-c8cccc9sc%10ccccc%10c89)cc7)CC6)cc5)c4c4cccc2c43)CC1.